The van der Waals surface area contributed by atoms with Crippen molar-refractivity contribution in [1.29, 1.82) is 0 Å². The summed E-state index contributed by atoms with van der Waals surface area (Å²) in [6.07, 6.45) is 2.30. The Balaban J connectivity index is 0.00000169. The third kappa shape index (κ3) is 3.13. The highest BCUT2D eigenvalue weighted by atomic mass is 35.5. The second kappa shape index (κ2) is 5.78. The standard InChI is InChI=1S/C11H14FN.ClH/c1-3-4-11(13)9-6-5-8(2)7-10(9)12;/h3,5-7,11H,1,4,13H2,2H3;1H/t11-;/m1./s1. The molecule has 0 spiro atoms. The van der Waals surface area contributed by atoms with Gasteiger partial charge in [-0.3, -0.25) is 0 Å². The van der Waals surface area contributed by atoms with Crippen LogP contribution >= 0.6 is 12.4 Å². The summed E-state index contributed by atoms with van der Waals surface area (Å²) in [5.74, 6) is -0.227. The molecule has 0 aliphatic rings. The summed E-state index contributed by atoms with van der Waals surface area (Å²) in [4.78, 5) is 0. The molecule has 1 aromatic rings. The Morgan fingerprint density at radius 1 is 1.57 bits per heavy atom. The van der Waals surface area contributed by atoms with E-state index in [4.69, 9.17) is 5.73 Å². The summed E-state index contributed by atoms with van der Waals surface area (Å²) in [6, 6.07) is 4.82. The van der Waals surface area contributed by atoms with Gasteiger partial charge in [0.25, 0.3) is 0 Å². The molecule has 1 nitrogen and oxygen atoms in total. The van der Waals surface area contributed by atoms with Crippen molar-refractivity contribution in [3.05, 3.63) is 47.8 Å². The number of halogens is 2. The zero-order valence-corrected chi connectivity index (χ0v) is 8.98. The van der Waals surface area contributed by atoms with Crippen molar-refractivity contribution in [1.82, 2.24) is 0 Å². The summed E-state index contributed by atoms with van der Waals surface area (Å²) in [6.45, 7) is 5.42. The second-order valence-corrected chi connectivity index (χ2v) is 3.16. The molecule has 0 bridgehead atoms. The molecular formula is C11H15ClFN. The van der Waals surface area contributed by atoms with Gasteiger partial charge in [-0.1, -0.05) is 18.2 Å². The van der Waals surface area contributed by atoms with E-state index in [2.05, 4.69) is 6.58 Å². The normalized spacial score (nSPS) is 11.6. The molecule has 78 valence electrons. The molecule has 0 heterocycles. The van der Waals surface area contributed by atoms with Gasteiger partial charge < -0.3 is 5.73 Å². The first kappa shape index (κ1) is 13.1. The van der Waals surface area contributed by atoms with Gasteiger partial charge in [-0.2, -0.15) is 0 Å². The number of hydrogen-bond acceptors (Lipinski definition) is 1. The molecule has 0 saturated carbocycles. The van der Waals surface area contributed by atoms with Gasteiger partial charge in [-0.25, -0.2) is 4.39 Å². The lowest BCUT2D eigenvalue weighted by atomic mass is 10.0. The van der Waals surface area contributed by atoms with E-state index in [-0.39, 0.29) is 24.3 Å². The minimum Gasteiger partial charge on any atom is -0.324 e. The Labute approximate surface area is 90.2 Å². The van der Waals surface area contributed by atoms with E-state index in [0.29, 0.717) is 12.0 Å². The molecule has 3 heteroatoms. The van der Waals surface area contributed by atoms with Crippen molar-refractivity contribution in [2.75, 3.05) is 0 Å². The maximum atomic E-state index is 13.3. The van der Waals surface area contributed by atoms with E-state index >= 15 is 0 Å². The molecule has 0 radical (unpaired) electrons. The fourth-order valence-corrected chi connectivity index (χ4v) is 1.24. The van der Waals surface area contributed by atoms with Crippen molar-refractivity contribution >= 4 is 12.4 Å². The Hall–Kier alpha value is -0.860. The van der Waals surface area contributed by atoms with Crippen LogP contribution in [-0.2, 0) is 0 Å². The van der Waals surface area contributed by atoms with Crippen molar-refractivity contribution < 1.29 is 4.39 Å². The Morgan fingerprint density at radius 2 is 2.21 bits per heavy atom. The number of aryl methyl sites for hydroxylation is 1. The molecular weight excluding hydrogens is 201 g/mol. The summed E-state index contributed by atoms with van der Waals surface area (Å²) in [5.41, 5.74) is 7.22. The molecule has 0 saturated heterocycles. The van der Waals surface area contributed by atoms with Gasteiger partial charge >= 0.3 is 0 Å². The highest BCUT2D eigenvalue weighted by Crippen LogP contribution is 2.18. The first-order valence-corrected chi connectivity index (χ1v) is 4.27. The maximum absolute atomic E-state index is 13.3. The lowest BCUT2D eigenvalue weighted by Gasteiger charge is -2.10. The topological polar surface area (TPSA) is 26.0 Å². The lowest BCUT2D eigenvalue weighted by Crippen LogP contribution is -2.11. The van der Waals surface area contributed by atoms with Crippen LogP contribution in [0.1, 0.15) is 23.6 Å². The quantitative estimate of drug-likeness (QED) is 0.771. The molecule has 2 N–H and O–H groups in total. The highest BCUT2D eigenvalue weighted by Gasteiger charge is 2.09. The minimum absolute atomic E-state index is 0. The van der Waals surface area contributed by atoms with Crippen molar-refractivity contribution in [2.24, 2.45) is 5.73 Å². The second-order valence-electron chi connectivity index (χ2n) is 3.16. The third-order valence-electron chi connectivity index (χ3n) is 1.98. The number of benzene rings is 1. The van der Waals surface area contributed by atoms with Crippen LogP contribution in [0.2, 0.25) is 0 Å². The summed E-state index contributed by atoms with van der Waals surface area (Å²) >= 11 is 0. The Bertz CT molecular complexity index is 312. The van der Waals surface area contributed by atoms with Crippen molar-refractivity contribution in [3.63, 3.8) is 0 Å². The van der Waals surface area contributed by atoms with Gasteiger partial charge in [-0.05, 0) is 25.0 Å². The highest BCUT2D eigenvalue weighted by molar-refractivity contribution is 5.85. The Morgan fingerprint density at radius 3 is 2.71 bits per heavy atom. The molecule has 1 atom stereocenters. The van der Waals surface area contributed by atoms with Crippen LogP contribution in [-0.4, -0.2) is 0 Å². The van der Waals surface area contributed by atoms with Crippen LogP contribution in [0.25, 0.3) is 0 Å². The smallest absolute Gasteiger partial charge is 0.128 e. The van der Waals surface area contributed by atoms with Crippen LogP contribution in [0.15, 0.2) is 30.9 Å². The first-order chi connectivity index (χ1) is 6.15. The van der Waals surface area contributed by atoms with Gasteiger partial charge in [0.1, 0.15) is 5.82 Å². The van der Waals surface area contributed by atoms with Crippen LogP contribution in [0, 0.1) is 12.7 Å². The van der Waals surface area contributed by atoms with Gasteiger partial charge in [0, 0.05) is 11.6 Å². The molecule has 0 aromatic heterocycles. The molecule has 14 heavy (non-hydrogen) atoms. The maximum Gasteiger partial charge on any atom is 0.128 e. The van der Waals surface area contributed by atoms with E-state index in [1.165, 1.54) is 6.07 Å². The predicted molar refractivity (Wildman–Crippen MR) is 60.1 cm³/mol. The van der Waals surface area contributed by atoms with Crippen LogP contribution in [0.5, 0.6) is 0 Å². The van der Waals surface area contributed by atoms with E-state index in [1.54, 1.807) is 12.1 Å². The Kier molecular flexibility index (Phi) is 5.43. The molecule has 0 aliphatic heterocycles. The van der Waals surface area contributed by atoms with Gasteiger partial charge in [0.2, 0.25) is 0 Å². The fourth-order valence-electron chi connectivity index (χ4n) is 1.24. The molecule has 0 fully saturated rings. The average Bonchev–Trinajstić information content (AvgIpc) is 2.04. The van der Waals surface area contributed by atoms with Crippen molar-refractivity contribution in [2.45, 2.75) is 19.4 Å². The van der Waals surface area contributed by atoms with E-state index in [1.807, 2.05) is 13.0 Å². The molecule has 0 amide bonds. The lowest BCUT2D eigenvalue weighted by molar-refractivity contribution is 0.582. The summed E-state index contributed by atoms with van der Waals surface area (Å²) in [5, 5.41) is 0. The van der Waals surface area contributed by atoms with E-state index in [0.717, 1.165) is 5.56 Å². The van der Waals surface area contributed by atoms with Gasteiger partial charge in [-0.15, -0.1) is 19.0 Å². The molecule has 0 aliphatic carbocycles. The number of rotatable bonds is 3. The predicted octanol–water partition coefficient (Wildman–Crippen LogP) is 3.13. The minimum atomic E-state index is -0.280. The average molecular weight is 216 g/mol. The molecule has 1 rings (SSSR count). The van der Waals surface area contributed by atoms with Crippen molar-refractivity contribution in [3.8, 4) is 0 Å². The largest absolute Gasteiger partial charge is 0.324 e. The summed E-state index contributed by atoms with van der Waals surface area (Å²) in [7, 11) is 0. The zero-order valence-electron chi connectivity index (χ0n) is 8.16. The monoisotopic (exact) mass is 215 g/mol. The van der Waals surface area contributed by atoms with Crippen LogP contribution in [0.3, 0.4) is 0 Å². The SMILES string of the molecule is C=CC[C@@H](N)c1ccc(C)cc1F.Cl. The fraction of sp³-hybridized carbons (Fsp3) is 0.273. The number of hydrogen-bond donors (Lipinski definition) is 1. The van der Waals surface area contributed by atoms with Gasteiger partial charge in [0.15, 0.2) is 0 Å². The van der Waals surface area contributed by atoms with E-state index < -0.39 is 0 Å². The zero-order chi connectivity index (χ0) is 9.84. The molecule has 1 aromatic carbocycles. The number of nitrogens with two attached hydrogens (primary N) is 1. The van der Waals surface area contributed by atoms with Gasteiger partial charge in [0.05, 0.1) is 0 Å². The van der Waals surface area contributed by atoms with Crippen LogP contribution in [0.4, 0.5) is 4.39 Å². The third-order valence-corrected chi connectivity index (χ3v) is 1.98. The van der Waals surface area contributed by atoms with Crippen LogP contribution < -0.4 is 5.73 Å². The van der Waals surface area contributed by atoms with E-state index in [9.17, 15) is 4.39 Å². The summed E-state index contributed by atoms with van der Waals surface area (Å²) < 4.78 is 13.3. The molecule has 0 unspecified atom stereocenters. The first-order valence-electron chi connectivity index (χ1n) is 4.27.